The van der Waals surface area contributed by atoms with Crippen molar-refractivity contribution in [2.45, 2.75) is 5.92 Å². The van der Waals surface area contributed by atoms with Gasteiger partial charge < -0.3 is 9.64 Å². The molecule has 4 nitrogen and oxygen atoms in total. The van der Waals surface area contributed by atoms with E-state index in [-0.39, 0.29) is 17.6 Å². The number of thiophene rings is 1. The summed E-state index contributed by atoms with van der Waals surface area (Å²) >= 11 is 1.48. The Hall–Kier alpha value is -1.76. The van der Waals surface area contributed by atoms with Gasteiger partial charge >= 0.3 is 0 Å². The van der Waals surface area contributed by atoms with Crippen molar-refractivity contribution < 1.29 is 13.9 Å². The van der Waals surface area contributed by atoms with Crippen LogP contribution in [0.5, 0.6) is 0 Å². The third-order valence-corrected chi connectivity index (χ3v) is 6.19. The van der Waals surface area contributed by atoms with Gasteiger partial charge in [0.15, 0.2) is 0 Å². The highest BCUT2D eigenvalue weighted by Gasteiger charge is 2.37. The molecule has 1 aromatic carbocycles. The Morgan fingerprint density at radius 1 is 1.19 bits per heavy atom. The highest BCUT2D eigenvalue weighted by Crippen LogP contribution is 2.35. The van der Waals surface area contributed by atoms with Crippen molar-refractivity contribution in [1.82, 2.24) is 9.80 Å². The third kappa shape index (κ3) is 3.82. The number of rotatable bonds is 4. The average molecular weight is 374 g/mol. The van der Waals surface area contributed by atoms with Gasteiger partial charge in [0.25, 0.3) is 5.91 Å². The lowest BCUT2D eigenvalue weighted by Gasteiger charge is -2.30. The molecule has 0 aliphatic carbocycles. The van der Waals surface area contributed by atoms with Crippen molar-refractivity contribution in [2.75, 3.05) is 45.9 Å². The van der Waals surface area contributed by atoms with Crippen LogP contribution in [0.1, 0.15) is 21.2 Å². The Kier molecular flexibility index (Phi) is 5.33. The summed E-state index contributed by atoms with van der Waals surface area (Å²) in [5.41, 5.74) is 0.990. The molecule has 1 amide bonds. The molecule has 0 saturated carbocycles. The van der Waals surface area contributed by atoms with E-state index < -0.39 is 0 Å². The van der Waals surface area contributed by atoms with Gasteiger partial charge in [0.05, 0.1) is 18.1 Å². The van der Waals surface area contributed by atoms with E-state index in [0.29, 0.717) is 12.5 Å². The first-order valence-corrected chi connectivity index (χ1v) is 9.97. The van der Waals surface area contributed by atoms with Gasteiger partial charge in [-0.25, -0.2) is 4.39 Å². The molecule has 0 N–H and O–H groups in total. The number of likely N-dealkylation sites (tertiary alicyclic amines) is 1. The second kappa shape index (κ2) is 7.86. The van der Waals surface area contributed by atoms with Gasteiger partial charge in [-0.3, -0.25) is 9.69 Å². The van der Waals surface area contributed by atoms with E-state index in [4.69, 9.17) is 4.74 Å². The number of halogens is 1. The molecule has 2 atom stereocenters. The quantitative estimate of drug-likeness (QED) is 0.825. The van der Waals surface area contributed by atoms with Crippen molar-refractivity contribution in [1.29, 1.82) is 0 Å². The zero-order valence-corrected chi connectivity index (χ0v) is 15.5. The van der Waals surface area contributed by atoms with Gasteiger partial charge in [-0.05, 0) is 35.1 Å². The molecule has 138 valence electrons. The van der Waals surface area contributed by atoms with Crippen molar-refractivity contribution >= 4 is 17.2 Å². The highest BCUT2D eigenvalue weighted by molar-refractivity contribution is 7.12. The van der Waals surface area contributed by atoms with Crippen LogP contribution in [0, 0.1) is 11.7 Å². The summed E-state index contributed by atoms with van der Waals surface area (Å²) in [4.78, 5) is 17.9. The molecule has 26 heavy (non-hydrogen) atoms. The Balaban J connectivity index is 1.54. The molecular weight excluding hydrogens is 351 g/mol. The minimum Gasteiger partial charge on any atom is -0.379 e. The molecule has 0 radical (unpaired) electrons. The van der Waals surface area contributed by atoms with Crippen LogP contribution in [0.4, 0.5) is 4.39 Å². The number of carbonyl (C=O) groups excluding carboxylic acids is 1. The van der Waals surface area contributed by atoms with Gasteiger partial charge in [-0.15, -0.1) is 11.3 Å². The molecule has 2 saturated heterocycles. The zero-order chi connectivity index (χ0) is 17.9. The molecule has 2 fully saturated rings. The summed E-state index contributed by atoms with van der Waals surface area (Å²) in [6.45, 7) is 5.64. The molecule has 0 bridgehead atoms. The number of hydrogen-bond acceptors (Lipinski definition) is 4. The van der Waals surface area contributed by atoms with E-state index in [1.165, 1.54) is 17.4 Å². The topological polar surface area (TPSA) is 32.8 Å². The van der Waals surface area contributed by atoms with Crippen LogP contribution in [0.2, 0.25) is 0 Å². The van der Waals surface area contributed by atoms with Gasteiger partial charge in [-0.2, -0.15) is 0 Å². The first kappa shape index (κ1) is 17.6. The van der Waals surface area contributed by atoms with Crippen LogP contribution in [0.25, 0.3) is 0 Å². The highest BCUT2D eigenvalue weighted by atomic mass is 32.1. The van der Waals surface area contributed by atoms with Crippen LogP contribution in [0.3, 0.4) is 0 Å². The largest absolute Gasteiger partial charge is 0.379 e. The molecule has 2 aliphatic heterocycles. The molecule has 3 heterocycles. The smallest absolute Gasteiger partial charge is 0.263 e. The number of nitrogens with zero attached hydrogens (tertiary/aromatic N) is 2. The lowest BCUT2D eigenvalue weighted by molar-refractivity contribution is 0.0301. The standard InChI is InChI=1S/C20H23FN2O2S/c21-17-4-1-3-15(11-17)18-14-23(20(24)19-5-2-10-26-19)13-16(18)12-22-6-8-25-9-7-22/h1-5,10-11,16,18H,6-9,12-14H2. The molecule has 1 aromatic heterocycles. The maximum atomic E-state index is 13.8. The number of morpholine rings is 1. The maximum absolute atomic E-state index is 13.8. The van der Waals surface area contributed by atoms with Gasteiger partial charge in [0, 0.05) is 38.6 Å². The van der Waals surface area contributed by atoms with Crippen LogP contribution < -0.4 is 0 Å². The molecule has 2 aromatic rings. The monoisotopic (exact) mass is 374 g/mol. The summed E-state index contributed by atoms with van der Waals surface area (Å²) in [5.74, 6) is 0.345. The van der Waals surface area contributed by atoms with Gasteiger partial charge in [-0.1, -0.05) is 18.2 Å². The molecule has 2 unspecified atom stereocenters. The van der Waals surface area contributed by atoms with Crippen molar-refractivity contribution in [3.63, 3.8) is 0 Å². The number of ether oxygens (including phenoxy) is 1. The minimum absolute atomic E-state index is 0.0888. The van der Waals surface area contributed by atoms with Crippen molar-refractivity contribution in [3.05, 3.63) is 58.0 Å². The fourth-order valence-electron chi connectivity index (χ4n) is 4.01. The van der Waals surface area contributed by atoms with Crippen LogP contribution in [0.15, 0.2) is 41.8 Å². The van der Waals surface area contributed by atoms with Gasteiger partial charge in [0.2, 0.25) is 0 Å². The predicted octanol–water partition coefficient (Wildman–Crippen LogP) is 3.08. The van der Waals surface area contributed by atoms with Crippen LogP contribution in [-0.2, 0) is 4.74 Å². The normalized spacial score (nSPS) is 24.1. The van der Waals surface area contributed by atoms with Crippen LogP contribution >= 0.6 is 11.3 Å². The fraction of sp³-hybridized carbons (Fsp3) is 0.450. The Morgan fingerprint density at radius 3 is 2.77 bits per heavy atom. The zero-order valence-electron chi connectivity index (χ0n) is 14.6. The second-order valence-corrected chi connectivity index (χ2v) is 7.97. The number of hydrogen-bond donors (Lipinski definition) is 0. The van der Waals surface area contributed by atoms with Crippen molar-refractivity contribution in [3.8, 4) is 0 Å². The minimum atomic E-state index is -0.212. The average Bonchev–Trinajstić information content (AvgIpc) is 3.32. The molecule has 6 heteroatoms. The summed E-state index contributed by atoms with van der Waals surface area (Å²) < 4.78 is 19.2. The molecule has 4 rings (SSSR count). The maximum Gasteiger partial charge on any atom is 0.263 e. The fourth-order valence-corrected chi connectivity index (χ4v) is 4.70. The van der Waals surface area contributed by atoms with E-state index in [0.717, 1.165) is 49.8 Å². The number of benzene rings is 1. The molecule has 0 spiro atoms. The number of amides is 1. The van der Waals surface area contributed by atoms with E-state index in [9.17, 15) is 9.18 Å². The summed E-state index contributed by atoms with van der Waals surface area (Å²) in [5, 5.41) is 1.93. The van der Waals surface area contributed by atoms with Crippen LogP contribution in [-0.4, -0.2) is 61.6 Å². The van der Waals surface area contributed by atoms with E-state index >= 15 is 0 Å². The molecule has 2 aliphatic rings. The summed E-state index contributed by atoms with van der Waals surface area (Å²) in [6.07, 6.45) is 0. The Labute approximate surface area is 157 Å². The predicted molar refractivity (Wildman–Crippen MR) is 100 cm³/mol. The Morgan fingerprint density at radius 2 is 2.04 bits per heavy atom. The molecular formula is C20H23FN2O2S. The Bertz CT molecular complexity index is 746. The van der Waals surface area contributed by atoms with Gasteiger partial charge in [0.1, 0.15) is 5.82 Å². The lowest BCUT2D eigenvalue weighted by atomic mass is 9.88. The second-order valence-electron chi connectivity index (χ2n) is 7.02. The number of carbonyl (C=O) groups is 1. The van der Waals surface area contributed by atoms with Crippen molar-refractivity contribution in [2.24, 2.45) is 5.92 Å². The lowest BCUT2D eigenvalue weighted by Crippen LogP contribution is -2.41. The third-order valence-electron chi connectivity index (χ3n) is 5.33. The van der Waals surface area contributed by atoms with E-state index in [2.05, 4.69) is 4.90 Å². The first-order chi connectivity index (χ1) is 12.7. The van der Waals surface area contributed by atoms with E-state index in [1.54, 1.807) is 12.1 Å². The first-order valence-electron chi connectivity index (χ1n) is 9.09. The summed E-state index contributed by atoms with van der Waals surface area (Å²) in [6, 6.07) is 10.6. The summed E-state index contributed by atoms with van der Waals surface area (Å²) in [7, 11) is 0. The SMILES string of the molecule is O=C(c1cccs1)N1CC(CN2CCOCC2)C(c2cccc(F)c2)C1. The van der Waals surface area contributed by atoms with E-state index in [1.807, 2.05) is 28.5 Å².